The first kappa shape index (κ1) is 19.4. The predicted octanol–water partition coefficient (Wildman–Crippen LogP) is 3.77. The van der Waals surface area contributed by atoms with E-state index in [2.05, 4.69) is 5.32 Å². The van der Waals surface area contributed by atoms with Crippen LogP contribution in [0.5, 0.6) is 11.5 Å². The number of fused-ring (bicyclic) bond motifs is 1. The number of rotatable bonds is 6. The van der Waals surface area contributed by atoms with Crippen LogP contribution < -0.4 is 19.7 Å². The molecule has 4 rings (SSSR count). The second-order valence-electron chi connectivity index (χ2n) is 6.73. The molecule has 0 saturated heterocycles. The van der Waals surface area contributed by atoms with Gasteiger partial charge in [-0.25, -0.2) is 4.39 Å². The van der Waals surface area contributed by atoms with Crippen LogP contribution in [-0.2, 0) is 16.2 Å². The van der Waals surface area contributed by atoms with Gasteiger partial charge >= 0.3 is 0 Å². The third-order valence-electron chi connectivity index (χ3n) is 4.55. The summed E-state index contributed by atoms with van der Waals surface area (Å²) in [5.74, 6) is 0.215. The van der Waals surface area contributed by atoms with Crippen molar-refractivity contribution in [1.82, 2.24) is 0 Å². The Hall–Kier alpha value is -3.87. The van der Waals surface area contributed by atoms with E-state index in [0.29, 0.717) is 22.9 Å². The van der Waals surface area contributed by atoms with Gasteiger partial charge in [0, 0.05) is 11.8 Å². The lowest BCUT2D eigenvalue weighted by molar-refractivity contribution is -0.123. The third kappa shape index (κ3) is 4.57. The molecule has 2 amide bonds. The molecule has 152 valence electrons. The van der Waals surface area contributed by atoms with E-state index in [4.69, 9.17) is 9.47 Å². The molecule has 1 heterocycles. The maximum atomic E-state index is 13.0. The van der Waals surface area contributed by atoms with Crippen LogP contribution in [0.1, 0.15) is 5.56 Å². The Balaban J connectivity index is 1.38. The Morgan fingerprint density at radius 2 is 1.87 bits per heavy atom. The molecule has 0 unspecified atom stereocenters. The van der Waals surface area contributed by atoms with Gasteiger partial charge in [0.15, 0.2) is 6.61 Å². The molecule has 6 nitrogen and oxygen atoms in total. The molecule has 0 saturated carbocycles. The minimum Gasteiger partial charge on any atom is -0.489 e. The summed E-state index contributed by atoms with van der Waals surface area (Å²) in [5.41, 5.74) is 1.95. The van der Waals surface area contributed by atoms with Crippen molar-refractivity contribution < 1.29 is 23.5 Å². The van der Waals surface area contributed by atoms with Gasteiger partial charge in [0.1, 0.15) is 30.5 Å². The van der Waals surface area contributed by atoms with Crippen LogP contribution in [0, 0.1) is 5.82 Å². The molecule has 3 aromatic rings. The van der Waals surface area contributed by atoms with E-state index in [0.717, 1.165) is 5.56 Å². The summed E-state index contributed by atoms with van der Waals surface area (Å²) >= 11 is 0. The fourth-order valence-corrected chi connectivity index (χ4v) is 3.08. The van der Waals surface area contributed by atoms with Crippen LogP contribution in [0.3, 0.4) is 0 Å². The Morgan fingerprint density at radius 1 is 1.07 bits per heavy atom. The van der Waals surface area contributed by atoms with Crippen molar-refractivity contribution in [1.29, 1.82) is 0 Å². The number of carbonyl (C=O) groups is 2. The lowest BCUT2D eigenvalue weighted by Crippen LogP contribution is -2.43. The number of benzene rings is 3. The van der Waals surface area contributed by atoms with Gasteiger partial charge in [-0.1, -0.05) is 30.3 Å². The number of amides is 2. The number of halogens is 1. The number of hydrogen-bond donors (Lipinski definition) is 1. The van der Waals surface area contributed by atoms with Crippen LogP contribution in [0.4, 0.5) is 15.8 Å². The highest BCUT2D eigenvalue weighted by Crippen LogP contribution is 2.31. The van der Waals surface area contributed by atoms with Crippen molar-refractivity contribution in [2.24, 2.45) is 0 Å². The molecule has 0 radical (unpaired) electrons. The lowest BCUT2D eigenvalue weighted by Gasteiger charge is -2.28. The van der Waals surface area contributed by atoms with Gasteiger partial charge in [-0.15, -0.1) is 0 Å². The number of nitrogens with one attached hydrogen (secondary N) is 1. The fourth-order valence-electron chi connectivity index (χ4n) is 3.08. The van der Waals surface area contributed by atoms with E-state index >= 15 is 0 Å². The number of carbonyl (C=O) groups excluding carboxylic acids is 2. The molecular formula is C23H19FN2O4. The van der Waals surface area contributed by atoms with E-state index in [9.17, 15) is 14.0 Å². The minimum absolute atomic E-state index is 0.100. The first-order valence-electron chi connectivity index (χ1n) is 9.38. The van der Waals surface area contributed by atoms with Crippen molar-refractivity contribution in [3.8, 4) is 11.5 Å². The van der Waals surface area contributed by atoms with E-state index in [1.807, 2.05) is 6.07 Å². The summed E-state index contributed by atoms with van der Waals surface area (Å²) < 4.78 is 24.1. The second-order valence-corrected chi connectivity index (χ2v) is 6.73. The fraction of sp³-hybridized carbons (Fsp3) is 0.130. The zero-order valence-corrected chi connectivity index (χ0v) is 16.0. The van der Waals surface area contributed by atoms with Crippen molar-refractivity contribution in [2.45, 2.75) is 6.61 Å². The Bertz CT molecular complexity index is 1070. The standard InChI is InChI=1S/C23H19FN2O4/c24-17-10-8-16(9-11-17)14-29-19-5-3-4-18(12-19)25-22(27)13-26-20-6-1-2-7-21(20)30-15-23(26)28/h1-12H,13-15H2,(H,25,27). The summed E-state index contributed by atoms with van der Waals surface area (Å²) in [4.78, 5) is 26.2. The average molecular weight is 406 g/mol. The van der Waals surface area contributed by atoms with Gasteiger partial charge in [-0.2, -0.15) is 0 Å². The van der Waals surface area contributed by atoms with Gasteiger partial charge in [-0.3, -0.25) is 14.5 Å². The SMILES string of the molecule is O=C(CN1C(=O)COc2ccccc21)Nc1cccc(OCc2ccc(F)cc2)c1. The molecule has 1 N–H and O–H groups in total. The van der Waals surface area contributed by atoms with Crippen molar-refractivity contribution in [3.05, 3.63) is 84.2 Å². The maximum absolute atomic E-state index is 13.0. The number of nitrogens with zero attached hydrogens (tertiary/aromatic N) is 1. The van der Waals surface area contributed by atoms with E-state index < -0.39 is 0 Å². The first-order chi connectivity index (χ1) is 14.6. The van der Waals surface area contributed by atoms with Gasteiger partial charge in [-0.05, 0) is 42.0 Å². The molecule has 1 aliphatic rings. The van der Waals surface area contributed by atoms with Gasteiger partial charge in [0.05, 0.1) is 5.69 Å². The Morgan fingerprint density at radius 3 is 2.70 bits per heavy atom. The summed E-state index contributed by atoms with van der Waals surface area (Å²) in [6.07, 6.45) is 0. The quantitative estimate of drug-likeness (QED) is 0.677. The van der Waals surface area contributed by atoms with E-state index in [-0.39, 0.29) is 37.4 Å². The van der Waals surface area contributed by atoms with Gasteiger partial charge in [0.2, 0.25) is 5.91 Å². The third-order valence-corrected chi connectivity index (χ3v) is 4.55. The van der Waals surface area contributed by atoms with Crippen LogP contribution >= 0.6 is 0 Å². The number of ether oxygens (including phenoxy) is 2. The van der Waals surface area contributed by atoms with Crippen molar-refractivity contribution in [3.63, 3.8) is 0 Å². The van der Waals surface area contributed by atoms with Crippen LogP contribution in [0.15, 0.2) is 72.8 Å². The molecule has 1 aliphatic heterocycles. The van der Waals surface area contributed by atoms with Gasteiger partial charge < -0.3 is 14.8 Å². The largest absolute Gasteiger partial charge is 0.489 e. The summed E-state index contributed by atoms with van der Waals surface area (Å²) in [6.45, 7) is 0.0492. The summed E-state index contributed by atoms with van der Waals surface area (Å²) in [5, 5.41) is 2.78. The average Bonchev–Trinajstić information content (AvgIpc) is 2.76. The second kappa shape index (κ2) is 8.65. The molecular weight excluding hydrogens is 387 g/mol. The highest BCUT2D eigenvalue weighted by molar-refractivity contribution is 6.04. The topological polar surface area (TPSA) is 67.9 Å². The molecule has 0 bridgehead atoms. The molecule has 7 heteroatoms. The number of hydrogen-bond acceptors (Lipinski definition) is 4. The monoisotopic (exact) mass is 406 g/mol. The van der Waals surface area contributed by atoms with Crippen molar-refractivity contribution in [2.75, 3.05) is 23.4 Å². The Kier molecular flexibility index (Phi) is 5.61. The molecule has 0 spiro atoms. The maximum Gasteiger partial charge on any atom is 0.265 e. The zero-order chi connectivity index (χ0) is 20.9. The highest BCUT2D eigenvalue weighted by atomic mass is 19.1. The minimum atomic E-state index is -0.337. The van der Waals surface area contributed by atoms with E-state index in [1.165, 1.54) is 17.0 Å². The molecule has 0 aliphatic carbocycles. The summed E-state index contributed by atoms with van der Waals surface area (Å²) in [7, 11) is 0. The number of para-hydroxylation sites is 2. The molecule has 30 heavy (non-hydrogen) atoms. The lowest BCUT2D eigenvalue weighted by atomic mass is 10.2. The summed E-state index contributed by atoms with van der Waals surface area (Å²) in [6, 6.07) is 20.1. The predicted molar refractivity (Wildman–Crippen MR) is 110 cm³/mol. The van der Waals surface area contributed by atoms with E-state index in [1.54, 1.807) is 54.6 Å². The van der Waals surface area contributed by atoms with Crippen LogP contribution in [0.2, 0.25) is 0 Å². The highest BCUT2D eigenvalue weighted by Gasteiger charge is 2.26. The molecule has 0 aromatic heterocycles. The van der Waals surface area contributed by atoms with Crippen LogP contribution in [0.25, 0.3) is 0 Å². The molecule has 3 aromatic carbocycles. The zero-order valence-electron chi connectivity index (χ0n) is 16.0. The molecule has 0 atom stereocenters. The number of anilines is 2. The smallest absolute Gasteiger partial charge is 0.265 e. The first-order valence-corrected chi connectivity index (χ1v) is 9.38. The van der Waals surface area contributed by atoms with Crippen molar-refractivity contribution >= 4 is 23.2 Å². The molecule has 0 fully saturated rings. The van der Waals surface area contributed by atoms with Gasteiger partial charge in [0.25, 0.3) is 5.91 Å². The van der Waals surface area contributed by atoms with Crippen LogP contribution in [-0.4, -0.2) is 25.0 Å². The Labute approximate surface area is 172 Å². The normalized spacial score (nSPS) is 12.7.